The van der Waals surface area contributed by atoms with Gasteiger partial charge in [-0.1, -0.05) is 48.4 Å². The van der Waals surface area contributed by atoms with E-state index in [1.54, 1.807) is 13.0 Å². The number of likely N-dealkylation sites (N-methyl/N-ethyl adjacent to an activating group) is 1. The van der Waals surface area contributed by atoms with Crippen LogP contribution in [-0.2, 0) is 26.2 Å². The lowest BCUT2D eigenvalue weighted by molar-refractivity contribution is -0.140. The summed E-state index contributed by atoms with van der Waals surface area (Å²) in [4.78, 5) is 27.5. The van der Waals surface area contributed by atoms with Crippen LogP contribution in [0, 0.1) is 6.92 Å². The lowest BCUT2D eigenvalue weighted by Gasteiger charge is -2.33. The second-order valence-electron chi connectivity index (χ2n) is 7.63. The quantitative estimate of drug-likeness (QED) is 0.546. The molecular weight excluding hydrogens is 466 g/mol. The van der Waals surface area contributed by atoms with E-state index in [1.807, 2.05) is 31.2 Å². The Morgan fingerprint density at radius 3 is 2.42 bits per heavy atom. The van der Waals surface area contributed by atoms with Crippen LogP contribution in [0.3, 0.4) is 0 Å². The number of nitrogens with one attached hydrogen (secondary N) is 1. The first-order valence-electron chi connectivity index (χ1n) is 10.4. The van der Waals surface area contributed by atoms with E-state index < -0.39 is 28.5 Å². The summed E-state index contributed by atoms with van der Waals surface area (Å²) in [6.45, 7) is 3.36. The average Bonchev–Trinajstić information content (AvgIpc) is 2.76. The Hall–Kier alpha value is -2.78. The largest absolute Gasteiger partial charge is 0.495 e. The zero-order chi connectivity index (χ0) is 24.8. The number of ether oxygens (including phenoxy) is 1. The van der Waals surface area contributed by atoms with Crippen LogP contribution < -0.4 is 14.4 Å². The lowest BCUT2D eigenvalue weighted by atomic mass is 10.1. The maximum atomic E-state index is 13.5. The number of methoxy groups -OCH3 is 1. The Balaban J connectivity index is 2.50. The minimum Gasteiger partial charge on any atom is -0.495 e. The molecular formula is C23H30ClN3O5S. The van der Waals surface area contributed by atoms with Gasteiger partial charge in [-0.25, -0.2) is 8.42 Å². The molecule has 0 radical (unpaired) electrons. The predicted octanol–water partition coefficient (Wildman–Crippen LogP) is 2.98. The molecule has 0 aliphatic heterocycles. The molecule has 2 aromatic rings. The number of halogens is 1. The highest BCUT2D eigenvalue weighted by Gasteiger charge is 2.32. The fourth-order valence-corrected chi connectivity index (χ4v) is 4.56. The molecule has 180 valence electrons. The van der Waals surface area contributed by atoms with Gasteiger partial charge < -0.3 is 15.0 Å². The number of hydrogen-bond acceptors (Lipinski definition) is 5. The van der Waals surface area contributed by atoms with Gasteiger partial charge in [-0.15, -0.1) is 0 Å². The lowest BCUT2D eigenvalue weighted by Crippen LogP contribution is -2.51. The van der Waals surface area contributed by atoms with Crippen LogP contribution in [0.1, 0.15) is 24.5 Å². The highest BCUT2D eigenvalue weighted by atomic mass is 35.5. The summed E-state index contributed by atoms with van der Waals surface area (Å²) < 4.78 is 31.6. The van der Waals surface area contributed by atoms with Crippen molar-refractivity contribution in [2.24, 2.45) is 0 Å². The van der Waals surface area contributed by atoms with Crippen LogP contribution in [0.2, 0.25) is 5.02 Å². The first-order chi connectivity index (χ1) is 15.5. The molecule has 2 aromatic carbocycles. The Morgan fingerprint density at radius 1 is 1.18 bits per heavy atom. The number of nitrogens with zero attached hydrogens (tertiary/aromatic N) is 2. The number of carbonyl (C=O) groups excluding carboxylic acids is 2. The number of anilines is 1. The zero-order valence-corrected chi connectivity index (χ0v) is 21.0. The third kappa shape index (κ3) is 6.85. The SMILES string of the molecule is CCC(C(=O)NC)N(Cc1cccc(C)c1)C(=O)CN(c1cc(Cl)ccc1OC)S(C)(=O)=O. The molecule has 1 N–H and O–H groups in total. The summed E-state index contributed by atoms with van der Waals surface area (Å²) in [7, 11) is -0.987. The number of carbonyl (C=O) groups is 2. The van der Waals surface area contributed by atoms with Gasteiger partial charge in [0.15, 0.2) is 0 Å². The number of benzene rings is 2. The predicted molar refractivity (Wildman–Crippen MR) is 130 cm³/mol. The Bertz CT molecular complexity index is 1110. The molecule has 0 aromatic heterocycles. The smallest absolute Gasteiger partial charge is 0.244 e. The van der Waals surface area contributed by atoms with Gasteiger partial charge in [0.2, 0.25) is 21.8 Å². The molecule has 0 aliphatic rings. The van der Waals surface area contributed by atoms with Crippen molar-refractivity contribution < 1.29 is 22.7 Å². The molecule has 0 heterocycles. The Kier molecular flexibility index (Phi) is 9.13. The minimum atomic E-state index is -3.89. The highest BCUT2D eigenvalue weighted by Crippen LogP contribution is 2.33. The maximum absolute atomic E-state index is 13.5. The topological polar surface area (TPSA) is 96.0 Å². The van der Waals surface area contributed by atoms with Crippen molar-refractivity contribution in [1.29, 1.82) is 0 Å². The fraction of sp³-hybridized carbons (Fsp3) is 0.391. The number of sulfonamides is 1. The van der Waals surface area contributed by atoms with Crippen molar-refractivity contribution in [3.8, 4) is 5.75 Å². The Morgan fingerprint density at radius 2 is 1.88 bits per heavy atom. The number of amides is 2. The minimum absolute atomic E-state index is 0.143. The summed E-state index contributed by atoms with van der Waals surface area (Å²) in [5, 5.41) is 2.88. The fourth-order valence-electron chi connectivity index (χ4n) is 3.55. The van der Waals surface area contributed by atoms with E-state index in [4.69, 9.17) is 16.3 Å². The molecule has 2 amide bonds. The molecule has 8 nitrogen and oxygen atoms in total. The van der Waals surface area contributed by atoms with E-state index in [-0.39, 0.29) is 23.9 Å². The normalized spacial score (nSPS) is 12.1. The molecule has 0 bridgehead atoms. The average molecular weight is 496 g/mol. The van der Waals surface area contributed by atoms with Crippen molar-refractivity contribution in [2.45, 2.75) is 32.9 Å². The third-order valence-corrected chi connectivity index (χ3v) is 6.52. The van der Waals surface area contributed by atoms with E-state index in [2.05, 4.69) is 5.32 Å². The summed E-state index contributed by atoms with van der Waals surface area (Å²) >= 11 is 6.10. The number of rotatable bonds is 10. The number of hydrogen-bond donors (Lipinski definition) is 1. The van der Waals surface area contributed by atoms with Gasteiger partial charge in [0, 0.05) is 18.6 Å². The molecule has 1 unspecified atom stereocenters. The third-order valence-electron chi connectivity index (χ3n) is 5.16. The monoisotopic (exact) mass is 495 g/mol. The zero-order valence-electron chi connectivity index (χ0n) is 19.5. The molecule has 0 spiro atoms. The first-order valence-corrected chi connectivity index (χ1v) is 12.6. The summed E-state index contributed by atoms with van der Waals surface area (Å²) in [5.41, 5.74) is 1.98. The van der Waals surface area contributed by atoms with Gasteiger partial charge in [-0.2, -0.15) is 0 Å². The van der Waals surface area contributed by atoms with Crippen LogP contribution in [0.15, 0.2) is 42.5 Å². The summed E-state index contributed by atoms with van der Waals surface area (Å²) in [6, 6.07) is 11.3. The maximum Gasteiger partial charge on any atom is 0.244 e. The van der Waals surface area contributed by atoms with E-state index in [0.29, 0.717) is 11.4 Å². The van der Waals surface area contributed by atoms with Gasteiger partial charge >= 0.3 is 0 Å². The molecule has 0 saturated carbocycles. The Labute approximate surface area is 200 Å². The molecule has 2 rings (SSSR count). The van der Waals surface area contributed by atoms with Crippen LogP contribution in [0.4, 0.5) is 5.69 Å². The van der Waals surface area contributed by atoms with E-state index >= 15 is 0 Å². The van der Waals surface area contributed by atoms with Crippen molar-refractivity contribution in [1.82, 2.24) is 10.2 Å². The van der Waals surface area contributed by atoms with E-state index in [0.717, 1.165) is 21.7 Å². The van der Waals surface area contributed by atoms with Crippen molar-refractivity contribution in [3.05, 3.63) is 58.6 Å². The van der Waals surface area contributed by atoms with Gasteiger partial charge in [0.25, 0.3) is 0 Å². The van der Waals surface area contributed by atoms with Crippen LogP contribution in [-0.4, -0.2) is 58.1 Å². The van der Waals surface area contributed by atoms with Crippen molar-refractivity contribution >= 4 is 39.1 Å². The van der Waals surface area contributed by atoms with Crippen molar-refractivity contribution in [3.63, 3.8) is 0 Å². The number of aryl methyl sites for hydroxylation is 1. The first kappa shape index (κ1) is 26.5. The standard InChI is InChI=1S/C23H30ClN3O5S/c1-6-19(23(29)25-3)26(14-17-9-7-8-16(2)12-17)22(28)15-27(33(5,30)31)20-13-18(24)10-11-21(20)32-4/h7-13,19H,6,14-15H2,1-5H3,(H,25,29). The second kappa shape index (κ2) is 11.4. The van der Waals surface area contributed by atoms with Gasteiger partial charge in [0.05, 0.1) is 19.1 Å². The molecule has 0 aliphatic carbocycles. The molecule has 1 atom stereocenters. The van der Waals surface area contributed by atoms with Gasteiger partial charge in [0.1, 0.15) is 18.3 Å². The molecule has 10 heteroatoms. The molecule has 0 fully saturated rings. The highest BCUT2D eigenvalue weighted by molar-refractivity contribution is 7.92. The molecule has 0 saturated heterocycles. The second-order valence-corrected chi connectivity index (χ2v) is 9.98. The van der Waals surface area contributed by atoms with Crippen molar-refractivity contribution in [2.75, 3.05) is 31.3 Å². The van der Waals surface area contributed by atoms with Crippen LogP contribution >= 0.6 is 11.6 Å². The van der Waals surface area contributed by atoms with E-state index in [1.165, 1.54) is 31.2 Å². The summed E-state index contributed by atoms with van der Waals surface area (Å²) in [6.07, 6.45) is 1.36. The van der Waals surface area contributed by atoms with Crippen LogP contribution in [0.5, 0.6) is 5.75 Å². The van der Waals surface area contributed by atoms with Crippen LogP contribution in [0.25, 0.3) is 0 Å². The summed E-state index contributed by atoms with van der Waals surface area (Å²) in [5.74, 6) is -0.606. The van der Waals surface area contributed by atoms with Gasteiger partial charge in [-0.3, -0.25) is 13.9 Å². The molecule has 33 heavy (non-hydrogen) atoms. The van der Waals surface area contributed by atoms with Gasteiger partial charge in [-0.05, 0) is 37.1 Å². The van der Waals surface area contributed by atoms with E-state index in [9.17, 15) is 18.0 Å².